The van der Waals surface area contributed by atoms with Crippen molar-refractivity contribution in [2.75, 3.05) is 19.0 Å². The van der Waals surface area contributed by atoms with Gasteiger partial charge >= 0.3 is 12.1 Å². The van der Waals surface area contributed by atoms with Crippen LogP contribution in [0.4, 0.5) is 24.8 Å². The van der Waals surface area contributed by atoms with E-state index in [4.69, 9.17) is 29.3 Å². The van der Waals surface area contributed by atoms with Crippen molar-refractivity contribution >= 4 is 34.4 Å². The van der Waals surface area contributed by atoms with Crippen molar-refractivity contribution in [3.8, 4) is 22.9 Å². The van der Waals surface area contributed by atoms with Crippen molar-refractivity contribution in [3.05, 3.63) is 54.2 Å². The maximum absolute atomic E-state index is 12.2. The molecule has 0 spiro atoms. The zero-order valence-electron chi connectivity index (χ0n) is 23.8. The van der Waals surface area contributed by atoms with Crippen molar-refractivity contribution in [3.63, 3.8) is 0 Å². The fourth-order valence-corrected chi connectivity index (χ4v) is 3.64. The van der Waals surface area contributed by atoms with Gasteiger partial charge in [0.15, 0.2) is 18.2 Å². The number of carbonyl (C=O) groups excluding carboxylic acids is 1. The SMILES string of the molecule is COc1cc2c(Nc3ccn(C)n3)nc(-c3cccc(OCC(=O)NC(C)(C)C)c3)nc2cc1C.O=C(O)C(F)(F)F. The Morgan fingerprint density at radius 1 is 1.07 bits per heavy atom. The molecular weight excluding hydrogens is 557 g/mol. The lowest BCUT2D eigenvalue weighted by Crippen LogP contribution is -2.43. The highest BCUT2D eigenvalue weighted by Crippen LogP contribution is 2.32. The van der Waals surface area contributed by atoms with Gasteiger partial charge in [0.1, 0.15) is 17.3 Å². The predicted octanol–water partition coefficient (Wildman–Crippen LogP) is 5.02. The number of nitrogens with one attached hydrogen (secondary N) is 2. The third-order valence-electron chi connectivity index (χ3n) is 5.39. The third-order valence-corrected chi connectivity index (χ3v) is 5.39. The smallest absolute Gasteiger partial charge is 0.490 e. The van der Waals surface area contributed by atoms with Crippen molar-refractivity contribution in [1.82, 2.24) is 25.1 Å². The molecule has 0 aliphatic rings. The number of carbonyl (C=O) groups is 2. The van der Waals surface area contributed by atoms with Gasteiger partial charge in [0.05, 0.1) is 12.6 Å². The number of methoxy groups -OCH3 is 1. The fraction of sp³-hybridized carbons (Fsp3) is 0.321. The molecule has 42 heavy (non-hydrogen) atoms. The van der Waals surface area contributed by atoms with Gasteiger partial charge in [0, 0.05) is 35.8 Å². The van der Waals surface area contributed by atoms with Crippen molar-refractivity contribution < 1.29 is 37.3 Å². The summed E-state index contributed by atoms with van der Waals surface area (Å²) in [4.78, 5) is 30.7. The molecule has 224 valence electrons. The van der Waals surface area contributed by atoms with E-state index >= 15 is 0 Å². The first-order valence-electron chi connectivity index (χ1n) is 12.5. The van der Waals surface area contributed by atoms with Crippen LogP contribution in [0.15, 0.2) is 48.7 Å². The first-order valence-corrected chi connectivity index (χ1v) is 12.5. The second-order valence-corrected chi connectivity index (χ2v) is 10.2. The Balaban J connectivity index is 0.000000616. The van der Waals surface area contributed by atoms with Gasteiger partial charge in [-0.2, -0.15) is 18.3 Å². The van der Waals surface area contributed by atoms with Gasteiger partial charge in [-0.15, -0.1) is 0 Å². The normalized spacial score (nSPS) is 11.4. The molecule has 14 heteroatoms. The van der Waals surface area contributed by atoms with Crippen LogP contribution in [0.2, 0.25) is 0 Å². The minimum atomic E-state index is -5.08. The Labute approximate surface area is 239 Å². The second kappa shape index (κ2) is 12.7. The Hall–Kier alpha value is -4.88. The number of alkyl halides is 3. The number of amides is 1. The highest BCUT2D eigenvalue weighted by atomic mass is 19.4. The maximum atomic E-state index is 12.2. The number of aryl methyl sites for hydroxylation is 2. The molecule has 2 aromatic heterocycles. The summed E-state index contributed by atoms with van der Waals surface area (Å²) in [6.07, 6.45) is -3.23. The zero-order chi connectivity index (χ0) is 31.2. The van der Waals surface area contributed by atoms with Crippen molar-refractivity contribution in [2.45, 2.75) is 39.4 Å². The van der Waals surface area contributed by atoms with Gasteiger partial charge in [0.25, 0.3) is 5.91 Å². The van der Waals surface area contributed by atoms with Gasteiger partial charge in [0.2, 0.25) is 0 Å². The number of nitrogens with zero attached hydrogens (tertiary/aromatic N) is 4. The minimum Gasteiger partial charge on any atom is -0.496 e. The molecule has 4 aromatic rings. The minimum absolute atomic E-state index is 0.0786. The summed E-state index contributed by atoms with van der Waals surface area (Å²) in [6.45, 7) is 7.68. The Bertz CT molecular complexity index is 1580. The standard InChI is InChI=1S/C26H30N6O3.C2HF3O2/c1-16-12-20-19(14-21(16)34-6)25(28-22-10-11-32(5)31-22)29-24(27-20)17-8-7-9-18(13-17)35-15-23(33)30-26(2,3)4;3-2(4,5)1(6)7/h7-14H,15H2,1-6H3,(H,30,33)(H,27,28,29,31);(H,6,7). The molecular formula is C28H31F3N6O5. The average Bonchev–Trinajstić information content (AvgIpc) is 3.30. The summed E-state index contributed by atoms with van der Waals surface area (Å²) in [5, 5.41) is 18.5. The lowest BCUT2D eigenvalue weighted by Gasteiger charge is -2.20. The Morgan fingerprint density at radius 3 is 2.33 bits per heavy atom. The molecule has 0 aliphatic heterocycles. The summed E-state index contributed by atoms with van der Waals surface area (Å²) in [6, 6.07) is 13.2. The highest BCUT2D eigenvalue weighted by Gasteiger charge is 2.38. The van der Waals surface area contributed by atoms with E-state index in [1.165, 1.54) is 0 Å². The molecule has 0 aliphatic carbocycles. The largest absolute Gasteiger partial charge is 0.496 e. The maximum Gasteiger partial charge on any atom is 0.490 e. The number of fused-ring (bicyclic) bond motifs is 1. The number of halogens is 3. The Morgan fingerprint density at radius 2 is 1.76 bits per heavy atom. The van der Waals surface area contributed by atoms with E-state index in [1.54, 1.807) is 17.9 Å². The van der Waals surface area contributed by atoms with E-state index in [0.717, 1.165) is 27.8 Å². The first kappa shape index (κ1) is 31.6. The summed E-state index contributed by atoms with van der Waals surface area (Å²) >= 11 is 0. The number of benzene rings is 2. The first-order chi connectivity index (χ1) is 19.6. The van der Waals surface area contributed by atoms with Crippen LogP contribution in [-0.4, -0.2) is 62.2 Å². The molecule has 1 amide bonds. The van der Waals surface area contributed by atoms with Gasteiger partial charge in [-0.05, 0) is 57.5 Å². The summed E-state index contributed by atoms with van der Waals surface area (Å²) in [5.41, 5.74) is 2.18. The molecule has 0 radical (unpaired) electrons. The zero-order valence-corrected chi connectivity index (χ0v) is 23.8. The highest BCUT2D eigenvalue weighted by molar-refractivity contribution is 5.93. The van der Waals surface area contributed by atoms with E-state index in [0.29, 0.717) is 23.2 Å². The van der Waals surface area contributed by atoms with E-state index in [-0.39, 0.29) is 18.1 Å². The number of hydrogen-bond donors (Lipinski definition) is 3. The Kier molecular flexibility index (Phi) is 9.60. The number of carboxylic acid groups (broad SMARTS) is 1. The molecule has 0 fully saturated rings. The molecule has 3 N–H and O–H groups in total. The molecule has 2 heterocycles. The lowest BCUT2D eigenvalue weighted by atomic mass is 10.1. The monoisotopic (exact) mass is 588 g/mol. The molecule has 0 saturated heterocycles. The van der Waals surface area contributed by atoms with E-state index in [1.807, 2.05) is 77.3 Å². The third kappa shape index (κ3) is 8.81. The number of aliphatic carboxylic acids is 1. The van der Waals surface area contributed by atoms with E-state index < -0.39 is 12.1 Å². The summed E-state index contributed by atoms with van der Waals surface area (Å²) < 4.78 is 44.7. The second-order valence-electron chi connectivity index (χ2n) is 10.2. The van der Waals surface area contributed by atoms with Gasteiger partial charge < -0.3 is 25.2 Å². The van der Waals surface area contributed by atoms with Crippen LogP contribution in [0, 0.1) is 6.92 Å². The van der Waals surface area contributed by atoms with Crippen LogP contribution >= 0.6 is 0 Å². The van der Waals surface area contributed by atoms with Crippen LogP contribution in [0.25, 0.3) is 22.3 Å². The number of aromatic nitrogens is 4. The molecule has 0 atom stereocenters. The molecule has 2 aromatic carbocycles. The van der Waals surface area contributed by atoms with Gasteiger partial charge in [-0.3, -0.25) is 9.48 Å². The van der Waals surface area contributed by atoms with Crippen LogP contribution in [0.5, 0.6) is 11.5 Å². The number of anilines is 2. The van der Waals surface area contributed by atoms with Crippen LogP contribution in [0.1, 0.15) is 26.3 Å². The van der Waals surface area contributed by atoms with Crippen LogP contribution in [-0.2, 0) is 16.6 Å². The van der Waals surface area contributed by atoms with Crippen LogP contribution < -0.4 is 20.1 Å². The summed E-state index contributed by atoms with van der Waals surface area (Å²) in [5.74, 6) is 0.161. The van der Waals surface area contributed by atoms with E-state index in [2.05, 4.69) is 15.7 Å². The van der Waals surface area contributed by atoms with Crippen molar-refractivity contribution in [1.29, 1.82) is 0 Å². The molecule has 0 saturated carbocycles. The van der Waals surface area contributed by atoms with Crippen LogP contribution in [0.3, 0.4) is 0 Å². The molecule has 11 nitrogen and oxygen atoms in total. The quantitative estimate of drug-likeness (QED) is 0.272. The van der Waals surface area contributed by atoms with Gasteiger partial charge in [-0.1, -0.05) is 12.1 Å². The average molecular weight is 589 g/mol. The lowest BCUT2D eigenvalue weighted by molar-refractivity contribution is -0.192. The predicted molar refractivity (Wildman–Crippen MR) is 150 cm³/mol. The van der Waals surface area contributed by atoms with Gasteiger partial charge in [-0.25, -0.2) is 14.8 Å². The van der Waals surface area contributed by atoms with Crippen molar-refractivity contribution in [2.24, 2.45) is 7.05 Å². The summed E-state index contributed by atoms with van der Waals surface area (Å²) in [7, 11) is 3.50. The number of carboxylic acids is 1. The number of hydrogen-bond acceptors (Lipinski definition) is 8. The topological polar surface area (TPSA) is 140 Å². The number of ether oxygens (including phenoxy) is 2. The van der Waals surface area contributed by atoms with E-state index in [9.17, 15) is 18.0 Å². The molecule has 4 rings (SSSR count). The number of rotatable bonds is 7. The molecule has 0 bridgehead atoms. The molecule has 0 unspecified atom stereocenters. The fourth-order valence-electron chi connectivity index (χ4n) is 3.64.